The molecule has 2 nitrogen and oxygen atoms in total. The van der Waals surface area contributed by atoms with Crippen LogP contribution in [0.25, 0.3) is 0 Å². The summed E-state index contributed by atoms with van der Waals surface area (Å²) in [6.07, 6.45) is 0.671. The molecular weight excluding hydrogens is 174 g/mol. The first kappa shape index (κ1) is 10.8. The highest BCUT2D eigenvalue weighted by Crippen LogP contribution is 2.07. The highest BCUT2D eigenvalue weighted by atomic mass is 16.2. The average Bonchev–Trinajstić information content (AvgIpc) is 2.21. The fraction of sp³-hybridized carbons (Fsp3) is 0.333. The van der Waals surface area contributed by atoms with Gasteiger partial charge in [0.15, 0.2) is 0 Å². The van der Waals surface area contributed by atoms with E-state index in [1.54, 1.807) is 0 Å². The zero-order valence-corrected chi connectivity index (χ0v) is 8.38. The van der Waals surface area contributed by atoms with Gasteiger partial charge < -0.3 is 10.4 Å². The van der Waals surface area contributed by atoms with Crippen LogP contribution in [0.3, 0.4) is 0 Å². The SMILES string of the molecule is CNCC#Cc1ccccc1CCO. The maximum absolute atomic E-state index is 8.86. The van der Waals surface area contributed by atoms with Gasteiger partial charge in [0, 0.05) is 12.2 Å². The molecule has 0 aliphatic rings. The molecule has 1 aromatic carbocycles. The highest BCUT2D eigenvalue weighted by Gasteiger charge is 1.96. The van der Waals surface area contributed by atoms with Crippen LogP contribution in [-0.4, -0.2) is 25.3 Å². The van der Waals surface area contributed by atoms with Crippen molar-refractivity contribution < 1.29 is 5.11 Å². The number of aliphatic hydroxyl groups excluding tert-OH is 1. The molecule has 0 aliphatic heterocycles. The molecule has 0 radical (unpaired) electrons. The van der Waals surface area contributed by atoms with Crippen LogP contribution < -0.4 is 5.32 Å². The number of nitrogens with one attached hydrogen (secondary N) is 1. The molecule has 0 heterocycles. The van der Waals surface area contributed by atoms with E-state index in [4.69, 9.17) is 5.11 Å². The van der Waals surface area contributed by atoms with E-state index in [0.717, 1.165) is 11.1 Å². The third-order valence-corrected chi connectivity index (χ3v) is 1.89. The fourth-order valence-electron chi connectivity index (χ4n) is 1.21. The van der Waals surface area contributed by atoms with Crippen molar-refractivity contribution in [1.29, 1.82) is 0 Å². The molecule has 2 N–H and O–H groups in total. The molecule has 0 atom stereocenters. The molecule has 0 unspecified atom stereocenters. The van der Waals surface area contributed by atoms with E-state index < -0.39 is 0 Å². The first-order valence-corrected chi connectivity index (χ1v) is 4.70. The van der Waals surface area contributed by atoms with Crippen LogP contribution in [0.4, 0.5) is 0 Å². The lowest BCUT2D eigenvalue weighted by Crippen LogP contribution is -2.04. The monoisotopic (exact) mass is 189 g/mol. The smallest absolute Gasteiger partial charge is 0.0577 e. The van der Waals surface area contributed by atoms with Crippen LogP contribution in [0.15, 0.2) is 24.3 Å². The zero-order valence-electron chi connectivity index (χ0n) is 8.38. The van der Waals surface area contributed by atoms with Crippen molar-refractivity contribution in [2.75, 3.05) is 20.2 Å². The molecule has 0 saturated heterocycles. The van der Waals surface area contributed by atoms with Gasteiger partial charge in [0.05, 0.1) is 6.54 Å². The van der Waals surface area contributed by atoms with Crippen molar-refractivity contribution >= 4 is 0 Å². The lowest BCUT2D eigenvalue weighted by atomic mass is 10.1. The summed E-state index contributed by atoms with van der Waals surface area (Å²) >= 11 is 0. The lowest BCUT2D eigenvalue weighted by Gasteiger charge is -2.00. The molecule has 0 aliphatic carbocycles. The van der Waals surface area contributed by atoms with E-state index in [0.29, 0.717) is 13.0 Å². The number of rotatable bonds is 3. The van der Waals surface area contributed by atoms with Crippen molar-refractivity contribution in [3.8, 4) is 11.8 Å². The largest absolute Gasteiger partial charge is 0.396 e. The van der Waals surface area contributed by atoms with Gasteiger partial charge in [0.25, 0.3) is 0 Å². The molecule has 0 spiro atoms. The summed E-state index contributed by atoms with van der Waals surface area (Å²) in [4.78, 5) is 0. The Labute approximate surface area is 85.0 Å². The van der Waals surface area contributed by atoms with Crippen molar-refractivity contribution in [1.82, 2.24) is 5.32 Å². The van der Waals surface area contributed by atoms with Gasteiger partial charge in [-0.05, 0) is 25.1 Å². The summed E-state index contributed by atoms with van der Waals surface area (Å²) in [7, 11) is 1.87. The van der Waals surface area contributed by atoms with Gasteiger partial charge in [-0.3, -0.25) is 0 Å². The van der Waals surface area contributed by atoms with Gasteiger partial charge in [-0.15, -0.1) is 0 Å². The molecule has 0 bridgehead atoms. The zero-order chi connectivity index (χ0) is 10.2. The molecule has 14 heavy (non-hydrogen) atoms. The third kappa shape index (κ3) is 3.21. The molecule has 0 fully saturated rings. The van der Waals surface area contributed by atoms with E-state index in [1.165, 1.54) is 0 Å². The molecule has 2 heteroatoms. The molecule has 0 saturated carbocycles. The molecular formula is C12H15NO. The molecule has 0 amide bonds. The van der Waals surface area contributed by atoms with Crippen LogP contribution >= 0.6 is 0 Å². The van der Waals surface area contributed by atoms with E-state index in [2.05, 4.69) is 17.2 Å². The molecule has 74 valence electrons. The van der Waals surface area contributed by atoms with Crippen LogP contribution in [0.2, 0.25) is 0 Å². The number of aliphatic hydroxyl groups is 1. The first-order chi connectivity index (χ1) is 6.88. The van der Waals surface area contributed by atoms with Crippen molar-refractivity contribution in [2.24, 2.45) is 0 Å². The van der Waals surface area contributed by atoms with Crippen molar-refractivity contribution in [3.63, 3.8) is 0 Å². The Hall–Kier alpha value is -1.30. The lowest BCUT2D eigenvalue weighted by molar-refractivity contribution is 0.299. The van der Waals surface area contributed by atoms with Crippen molar-refractivity contribution in [3.05, 3.63) is 35.4 Å². The normalized spacial score (nSPS) is 9.29. The summed E-state index contributed by atoms with van der Waals surface area (Å²) in [6, 6.07) is 7.91. The Morgan fingerprint density at radius 3 is 2.86 bits per heavy atom. The molecule has 1 rings (SSSR count). The third-order valence-electron chi connectivity index (χ3n) is 1.89. The number of hydrogen-bond donors (Lipinski definition) is 2. The van der Waals surface area contributed by atoms with E-state index in [1.807, 2.05) is 31.3 Å². The summed E-state index contributed by atoms with van der Waals surface area (Å²) in [5, 5.41) is 11.8. The summed E-state index contributed by atoms with van der Waals surface area (Å²) < 4.78 is 0. The minimum atomic E-state index is 0.171. The highest BCUT2D eigenvalue weighted by molar-refractivity contribution is 5.41. The minimum absolute atomic E-state index is 0.171. The maximum atomic E-state index is 8.86. The van der Waals surface area contributed by atoms with Gasteiger partial charge in [-0.1, -0.05) is 30.0 Å². The summed E-state index contributed by atoms with van der Waals surface area (Å²) in [5.41, 5.74) is 2.12. The summed E-state index contributed by atoms with van der Waals surface area (Å²) in [5.74, 6) is 6.08. The van der Waals surface area contributed by atoms with E-state index in [-0.39, 0.29) is 6.61 Å². The number of benzene rings is 1. The first-order valence-electron chi connectivity index (χ1n) is 4.70. The predicted molar refractivity (Wildman–Crippen MR) is 58.0 cm³/mol. The predicted octanol–water partition coefficient (Wildman–Crippen LogP) is 0.792. The summed E-state index contributed by atoms with van der Waals surface area (Å²) in [6.45, 7) is 0.859. The second kappa shape index (κ2) is 6.20. The van der Waals surface area contributed by atoms with Crippen LogP contribution in [-0.2, 0) is 6.42 Å². The quantitative estimate of drug-likeness (QED) is 0.689. The Morgan fingerprint density at radius 1 is 1.36 bits per heavy atom. The van der Waals surface area contributed by atoms with Gasteiger partial charge in [-0.2, -0.15) is 0 Å². The van der Waals surface area contributed by atoms with Crippen LogP contribution in [0, 0.1) is 11.8 Å². The Morgan fingerprint density at radius 2 is 2.14 bits per heavy atom. The minimum Gasteiger partial charge on any atom is -0.396 e. The standard InChI is InChI=1S/C12H15NO/c1-13-9-4-7-11-5-2-3-6-12(11)8-10-14/h2-3,5-6,13-14H,8-10H2,1H3. The van der Waals surface area contributed by atoms with Crippen LogP contribution in [0.5, 0.6) is 0 Å². The Kier molecular flexibility index (Phi) is 4.77. The van der Waals surface area contributed by atoms with Gasteiger partial charge in [0.2, 0.25) is 0 Å². The fourth-order valence-corrected chi connectivity index (χ4v) is 1.21. The van der Waals surface area contributed by atoms with Gasteiger partial charge >= 0.3 is 0 Å². The Bertz CT molecular complexity index is 336. The average molecular weight is 189 g/mol. The number of hydrogen-bond acceptors (Lipinski definition) is 2. The molecule has 1 aromatic rings. The van der Waals surface area contributed by atoms with Gasteiger partial charge in [-0.25, -0.2) is 0 Å². The van der Waals surface area contributed by atoms with E-state index >= 15 is 0 Å². The topological polar surface area (TPSA) is 32.3 Å². The Balaban J connectivity index is 2.80. The van der Waals surface area contributed by atoms with Crippen molar-refractivity contribution in [2.45, 2.75) is 6.42 Å². The van der Waals surface area contributed by atoms with E-state index in [9.17, 15) is 0 Å². The van der Waals surface area contributed by atoms with Gasteiger partial charge in [0.1, 0.15) is 0 Å². The second-order valence-corrected chi connectivity index (χ2v) is 2.96. The second-order valence-electron chi connectivity index (χ2n) is 2.96. The van der Waals surface area contributed by atoms with Crippen LogP contribution in [0.1, 0.15) is 11.1 Å². The molecule has 0 aromatic heterocycles. The maximum Gasteiger partial charge on any atom is 0.0577 e.